The summed E-state index contributed by atoms with van der Waals surface area (Å²) in [4.78, 5) is 19.9. The Kier molecular flexibility index (Phi) is 6.03. The maximum atomic E-state index is 13.4. The Bertz CT molecular complexity index is 1300. The third-order valence-corrected chi connectivity index (χ3v) is 7.33. The molecule has 0 aliphatic carbocycles. The van der Waals surface area contributed by atoms with Crippen LogP contribution in [0.15, 0.2) is 48.5 Å². The van der Waals surface area contributed by atoms with E-state index < -0.39 is 0 Å². The molecule has 0 unspecified atom stereocenters. The molecule has 2 aromatic carbocycles. The third-order valence-electron chi connectivity index (χ3n) is 5.87. The zero-order valence-electron chi connectivity index (χ0n) is 18.1. The van der Waals surface area contributed by atoms with Crippen LogP contribution >= 0.6 is 22.9 Å². The summed E-state index contributed by atoms with van der Waals surface area (Å²) in [6, 6.07) is 13.8. The van der Waals surface area contributed by atoms with Crippen molar-refractivity contribution < 1.29 is 9.18 Å². The highest BCUT2D eigenvalue weighted by Gasteiger charge is 2.28. The third kappa shape index (κ3) is 4.58. The van der Waals surface area contributed by atoms with Gasteiger partial charge >= 0.3 is 0 Å². The van der Waals surface area contributed by atoms with Crippen LogP contribution in [0.4, 0.5) is 9.52 Å². The Balaban J connectivity index is 1.32. The highest BCUT2D eigenvalue weighted by atomic mass is 35.5. The van der Waals surface area contributed by atoms with E-state index in [2.05, 4.69) is 15.3 Å². The molecule has 1 atom stereocenters. The van der Waals surface area contributed by atoms with E-state index in [1.807, 2.05) is 41.9 Å². The number of hydrogen-bond acceptors (Lipinski definition) is 5. The average Bonchev–Trinajstić information content (AvgIpc) is 3.39. The summed E-state index contributed by atoms with van der Waals surface area (Å²) in [7, 11) is 0. The number of piperidine rings is 1. The molecule has 4 aromatic rings. The van der Waals surface area contributed by atoms with Crippen LogP contribution in [0.25, 0.3) is 16.0 Å². The second-order valence-corrected chi connectivity index (χ2v) is 9.67. The molecule has 1 saturated heterocycles. The first-order valence-corrected chi connectivity index (χ1v) is 12.1. The van der Waals surface area contributed by atoms with Gasteiger partial charge in [-0.25, -0.2) is 9.07 Å². The van der Waals surface area contributed by atoms with E-state index in [4.69, 9.17) is 16.6 Å². The van der Waals surface area contributed by atoms with E-state index in [1.165, 1.54) is 12.1 Å². The molecule has 1 N–H and O–H groups in total. The van der Waals surface area contributed by atoms with Crippen molar-refractivity contribution >= 4 is 44.3 Å². The summed E-state index contributed by atoms with van der Waals surface area (Å²) in [6.07, 6.45) is 1.74. The highest BCUT2D eigenvalue weighted by Crippen LogP contribution is 2.34. The minimum atomic E-state index is -0.297. The molecule has 2 aromatic heterocycles. The lowest BCUT2D eigenvalue weighted by atomic mass is 9.97. The van der Waals surface area contributed by atoms with Crippen molar-refractivity contribution in [1.29, 1.82) is 0 Å². The van der Waals surface area contributed by atoms with Crippen LogP contribution in [0.1, 0.15) is 24.1 Å². The first-order valence-electron chi connectivity index (χ1n) is 10.9. The van der Waals surface area contributed by atoms with Gasteiger partial charge in [0.05, 0.1) is 22.0 Å². The molecule has 0 spiro atoms. The lowest BCUT2D eigenvalue weighted by Gasteiger charge is -2.31. The summed E-state index contributed by atoms with van der Waals surface area (Å²) < 4.78 is 16.3. The van der Waals surface area contributed by atoms with Gasteiger partial charge in [-0.15, -0.1) is 0 Å². The number of aryl methyl sites for hydroxylation is 1. The van der Waals surface area contributed by atoms with Crippen LogP contribution in [0.5, 0.6) is 0 Å². The molecule has 0 radical (unpaired) electrons. The first-order chi connectivity index (χ1) is 16.0. The van der Waals surface area contributed by atoms with Crippen LogP contribution in [0, 0.1) is 18.7 Å². The van der Waals surface area contributed by atoms with Crippen LogP contribution in [-0.4, -0.2) is 33.8 Å². The highest BCUT2D eigenvalue weighted by molar-refractivity contribution is 7.22. The van der Waals surface area contributed by atoms with Gasteiger partial charge in [0.15, 0.2) is 10.8 Å². The second kappa shape index (κ2) is 9.11. The summed E-state index contributed by atoms with van der Waals surface area (Å²) in [5, 5.41) is 9.18. The van der Waals surface area contributed by atoms with Crippen LogP contribution in [-0.2, 0) is 11.3 Å². The lowest BCUT2D eigenvalue weighted by Crippen LogP contribution is -2.43. The average molecular weight is 484 g/mol. The smallest absolute Gasteiger partial charge is 0.225 e. The summed E-state index contributed by atoms with van der Waals surface area (Å²) in [5.74, 6) is -0.435. The fraction of sp³-hybridized carbons (Fsp3) is 0.292. The summed E-state index contributed by atoms with van der Waals surface area (Å²) in [5.41, 5.74) is 3.39. The van der Waals surface area contributed by atoms with E-state index in [9.17, 15) is 9.18 Å². The number of carbonyl (C=O) groups is 1. The molecule has 0 saturated carbocycles. The predicted molar refractivity (Wildman–Crippen MR) is 130 cm³/mol. The van der Waals surface area contributed by atoms with Crippen molar-refractivity contribution in [3.8, 4) is 5.69 Å². The first kappa shape index (κ1) is 21.9. The maximum Gasteiger partial charge on any atom is 0.225 e. The van der Waals surface area contributed by atoms with Crippen molar-refractivity contribution in [3.63, 3.8) is 0 Å². The van der Waals surface area contributed by atoms with Crippen molar-refractivity contribution in [2.75, 3.05) is 18.0 Å². The number of nitrogens with one attached hydrogen (secondary N) is 1. The van der Waals surface area contributed by atoms with Gasteiger partial charge in [-0.2, -0.15) is 10.1 Å². The molecule has 6 nitrogen and oxygen atoms in total. The number of fused-ring (bicyclic) bond motifs is 1. The van der Waals surface area contributed by atoms with Gasteiger partial charge in [0, 0.05) is 24.7 Å². The topological polar surface area (TPSA) is 63.1 Å². The minimum Gasteiger partial charge on any atom is -0.352 e. The van der Waals surface area contributed by atoms with E-state index in [0.717, 1.165) is 51.8 Å². The quantitative estimate of drug-likeness (QED) is 0.428. The van der Waals surface area contributed by atoms with Crippen molar-refractivity contribution in [3.05, 3.63) is 70.6 Å². The standard InChI is InChI=1S/C24H23ClFN5OS/c1-15-21-22(31(29-15)20-9-7-18(25)8-10-20)28-24(33-21)30-11-3-5-17(14-30)23(32)27-13-16-4-2-6-19(26)12-16/h2,4,6-10,12,17H,3,5,11,13-14H2,1H3,(H,27,32)/t17-/m1/s1. The zero-order chi connectivity index (χ0) is 22.9. The van der Waals surface area contributed by atoms with Crippen molar-refractivity contribution in [2.24, 2.45) is 5.92 Å². The number of rotatable bonds is 5. The minimum absolute atomic E-state index is 0.00593. The Labute approximate surface area is 200 Å². The molecule has 1 aliphatic heterocycles. The number of hydrogen-bond donors (Lipinski definition) is 1. The van der Waals surface area contributed by atoms with Crippen LogP contribution in [0.3, 0.4) is 0 Å². The molecule has 5 rings (SSSR count). The summed E-state index contributed by atoms with van der Waals surface area (Å²) in [6.45, 7) is 3.77. The molecule has 9 heteroatoms. The molecule has 1 amide bonds. The van der Waals surface area contributed by atoms with E-state index >= 15 is 0 Å². The van der Waals surface area contributed by atoms with Crippen molar-refractivity contribution in [2.45, 2.75) is 26.3 Å². The molecule has 0 bridgehead atoms. The molecule has 1 aliphatic rings. The number of nitrogens with zero attached hydrogens (tertiary/aromatic N) is 4. The fourth-order valence-corrected chi connectivity index (χ4v) is 5.31. The molecular formula is C24H23ClFN5OS. The van der Waals surface area contributed by atoms with E-state index in [-0.39, 0.29) is 17.6 Å². The van der Waals surface area contributed by atoms with Gasteiger partial charge in [0.1, 0.15) is 5.82 Å². The van der Waals surface area contributed by atoms with Crippen molar-refractivity contribution in [1.82, 2.24) is 20.1 Å². The number of carbonyl (C=O) groups excluding carboxylic acids is 1. The van der Waals surface area contributed by atoms with Gasteiger partial charge in [0.25, 0.3) is 0 Å². The predicted octanol–water partition coefficient (Wildman–Crippen LogP) is 5.12. The number of aromatic nitrogens is 3. The molecule has 170 valence electrons. The van der Waals surface area contributed by atoms with E-state index in [0.29, 0.717) is 18.1 Å². The Morgan fingerprint density at radius 1 is 1.27 bits per heavy atom. The van der Waals surface area contributed by atoms with E-state index in [1.54, 1.807) is 17.4 Å². The van der Waals surface area contributed by atoms with Gasteiger partial charge in [-0.1, -0.05) is 35.1 Å². The van der Waals surface area contributed by atoms with Gasteiger partial charge in [-0.05, 0) is 61.7 Å². The molecule has 1 fully saturated rings. The summed E-state index contributed by atoms with van der Waals surface area (Å²) >= 11 is 7.64. The Morgan fingerprint density at radius 3 is 2.88 bits per heavy atom. The van der Waals surface area contributed by atoms with Gasteiger partial charge < -0.3 is 10.2 Å². The molecular weight excluding hydrogens is 461 g/mol. The van der Waals surface area contributed by atoms with Crippen LogP contribution in [0.2, 0.25) is 5.02 Å². The Hall–Kier alpha value is -2.97. The zero-order valence-corrected chi connectivity index (χ0v) is 19.7. The molecule has 3 heterocycles. The number of halogens is 2. The van der Waals surface area contributed by atoms with Crippen LogP contribution < -0.4 is 10.2 Å². The molecule has 33 heavy (non-hydrogen) atoms. The lowest BCUT2D eigenvalue weighted by molar-refractivity contribution is -0.125. The monoisotopic (exact) mass is 483 g/mol. The van der Waals surface area contributed by atoms with Gasteiger partial charge in [-0.3, -0.25) is 4.79 Å². The number of anilines is 1. The number of thiazole rings is 1. The number of benzene rings is 2. The largest absolute Gasteiger partial charge is 0.352 e. The fourth-order valence-electron chi connectivity index (χ4n) is 4.17. The van der Waals surface area contributed by atoms with Gasteiger partial charge in [0.2, 0.25) is 5.91 Å². The normalized spacial score (nSPS) is 16.3. The second-order valence-electron chi connectivity index (χ2n) is 8.26. The Morgan fingerprint density at radius 2 is 2.09 bits per heavy atom. The SMILES string of the molecule is Cc1nn(-c2ccc(Cl)cc2)c2nc(N3CCC[C@@H](C(=O)NCc4cccc(F)c4)C3)sc12. The number of amides is 1. The maximum absolute atomic E-state index is 13.4.